The number of amides is 1. The third-order valence-electron chi connectivity index (χ3n) is 5.48. The number of carbonyl (C=O) groups is 1. The van der Waals surface area contributed by atoms with Crippen LogP contribution in [-0.4, -0.2) is 27.5 Å². The molecule has 4 rings (SSSR count). The lowest BCUT2D eigenvalue weighted by Crippen LogP contribution is -2.45. The summed E-state index contributed by atoms with van der Waals surface area (Å²) in [5.41, 5.74) is 1.03. The highest BCUT2D eigenvalue weighted by molar-refractivity contribution is 7.89. The molecule has 2 N–H and O–H groups in total. The first kappa shape index (κ1) is 27.5. The van der Waals surface area contributed by atoms with Crippen molar-refractivity contribution in [1.82, 2.24) is 4.72 Å². The summed E-state index contributed by atoms with van der Waals surface area (Å²) in [5, 5.41) is 3.34. The molecule has 196 valence electrons. The molecule has 1 atom stereocenters. The number of halogens is 2. The van der Waals surface area contributed by atoms with Gasteiger partial charge in [-0.05, 0) is 60.5 Å². The average Bonchev–Trinajstić information content (AvgIpc) is 2.91. The molecule has 38 heavy (non-hydrogen) atoms. The summed E-state index contributed by atoms with van der Waals surface area (Å²) in [7, 11) is -2.88. The Morgan fingerprint density at radius 1 is 0.842 bits per heavy atom. The van der Waals surface area contributed by atoms with Gasteiger partial charge in [0.15, 0.2) is 5.75 Å². The third-order valence-corrected chi connectivity index (χ3v) is 7.45. The van der Waals surface area contributed by atoms with Crippen LogP contribution in [0.5, 0.6) is 17.2 Å². The van der Waals surface area contributed by atoms with Crippen molar-refractivity contribution < 1.29 is 22.7 Å². The van der Waals surface area contributed by atoms with Gasteiger partial charge < -0.3 is 14.8 Å². The van der Waals surface area contributed by atoms with Crippen LogP contribution in [0.2, 0.25) is 10.0 Å². The Hall–Kier alpha value is -3.56. The Bertz CT molecular complexity index is 1520. The van der Waals surface area contributed by atoms with Gasteiger partial charge in [0.1, 0.15) is 22.4 Å². The first-order valence-electron chi connectivity index (χ1n) is 11.5. The Kier molecular flexibility index (Phi) is 8.91. The molecule has 0 heterocycles. The summed E-state index contributed by atoms with van der Waals surface area (Å²) in [6, 6.07) is 25.9. The number of anilines is 1. The monoisotopic (exact) mass is 570 g/mol. The molecule has 1 amide bonds. The van der Waals surface area contributed by atoms with Gasteiger partial charge in [0.2, 0.25) is 15.9 Å². The van der Waals surface area contributed by atoms with Gasteiger partial charge in [-0.3, -0.25) is 4.79 Å². The molecule has 7 nitrogen and oxygen atoms in total. The maximum absolute atomic E-state index is 13.6. The van der Waals surface area contributed by atoms with Crippen molar-refractivity contribution in [3.63, 3.8) is 0 Å². The molecule has 0 aliphatic heterocycles. The molecule has 10 heteroatoms. The highest BCUT2D eigenvalue weighted by Gasteiger charge is 2.29. The Labute approximate surface area is 231 Å². The zero-order valence-corrected chi connectivity index (χ0v) is 22.6. The molecule has 4 aromatic rings. The van der Waals surface area contributed by atoms with Crippen LogP contribution in [0.15, 0.2) is 102 Å². The third kappa shape index (κ3) is 7.05. The van der Waals surface area contributed by atoms with Gasteiger partial charge >= 0.3 is 0 Å². The van der Waals surface area contributed by atoms with Gasteiger partial charge in [-0.2, -0.15) is 4.72 Å². The second-order valence-corrected chi connectivity index (χ2v) is 10.8. The van der Waals surface area contributed by atoms with E-state index in [1.807, 2.05) is 36.4 Å². The van der Waals surface area contributed by atoms with Crippen molar-refractivity contribution in [3.05, 3.63) is 113 Å². The minimum Gasteiger partial charge on any atom is -0.495 e. The van der Waals surface area contributed by atoms with E-state index in [1.54, 1.807) is 36.4 Å². The number of methoxy groups -OCH3 is 1. The van der Waals surface area contributed by atoms with E-state index in [0.29, 0.717) is 16.5 Å². The summed E-state index contributed by atoms with van der Waals surface area (Å²) >= 11 is 12.3. The zero-order valence-electron chi connectivity index (χ0n) is 20.2. The number of hydrogen-bond donors (Lipinski definition) is 2. The molecule has 0 radical (unpaired) electrons. The molecule has 0 spiro atoms. The van der Waals surface area contributed by atoms with Crippen LogP contribution in [0.4, 0.5) is 5.69 Å². The lowest BCUT2D eigenvalue weighted by molar-refractivity contribution is -0.117. The predicted octanol–water partition coefficient (Wildman–Crippen LogP) is 6.32. The molecule has 0 fully saturated rings. The van der Waals surface area contributed by atoms with Gasteiger partial charge in [0, 0.05) is 10.0 Å². The summed E-state index contributed by atoms with van der Waals surface area (Å²) in [6.07, 6.45) is 0.0736. The van der Waals surface area contributed by atoms with E-state index in [0.717, 1.165) is 5.56 Å². The van der Waals surface area contributed by atoms with Crippen LogP contribution in [0.1, 0.15) is 5.56 Å². The molecular formula is C28H24Cl2N2O5S. The molecule has 0 aliphatic carbocycles. The van der Waals surface area contributed by atoms with Crippen molar-refractivity contribution in [3.8, 4) is 17.2 Å². The molecule has 4 aromatic carbocycles. The maximum atomic E-state index is 13.6. The molecule has 0 saturated heterocycles. The number of nitrogens with one attached hydrogen (secondary N) is 2. The van der Waals surface area contributed by atoms with Crippen LogP contribution >= 0.6 is 23.2 Å². The second-order valence-electron chi connectivity index (χ2n) is 8.20. The van der Waals surface area contributed by atoms with E-state index >= 15 is 0 Å². The largest absolute Gasteiger partial charge is 0.495 e. The summed E-state index contributed by atoms with van der Waals surface area (Å²) < 4.78 is 40.5. The molecular weight excluding hydrogens is 547 g/mol. The van der Waals surface area contributed by atoms with Crippen LogP contribution in [0, 0.1) is 0 Å². The molecule has 0 aliphatic rings. The normalized spacial score (nSPS) is 12.0. The van der Waals surface area contributed by atoms with Crippen molar-refractivity contribution in [2.45, 2.75) is 17.4 Å². The molecule has 0 unspecified atom stereocenters. The van der Waals surface area contributed by atoms with E-state index in [1.165, 1.54) is 31.4 Å². The van der Waals surface area contributed by atoms with Crippen LogP contribution < -0.4 is 19.5 Å². The first-order valence-corrected chi connectivity index (χ1v) is 13.7. The van der Waals surface area contributed by atoms with Gasteiger partial charge in [-0.1, -0.05) is 71.7 Å². The minimum atomic E-state index is -4.23. The average molecular weight is 571 g/mol. The van der Waals surface area contributed by atoms with E-state index in [9.17, 15) is 13.2 Å². The summed E-state index contributed by atoms with van der Waals surface area (Å²) in [6.45, 7) is 0. The summed E-state index contributed by atoms with van der Waals surface area (Å²) in [4.78, 5) is 13.4. The zero-order chi connectivity index (χ0) is 27.1. The number of benzene rings is 4. The number of hydrogen-bond acceptors (Lipinski definition) is 5. The highest BCUT2D eigenvalue weighted by atomic mass is 35.5. The SMILES string of the molecule is COc1ccc(Cl)cc1S(=O)(=O)N[C@@H](Cc1ccccc1)C(=O)Nc1cc(Cl)ccc1Oc1ccccc1. The smallest absolute Gasteiger partial charge is 0.245 e. The van der Waals surface area contributed by atoms with Crippen molar-refractivity contribution in [2.75, 3.05) is 12.4 Å². The fourth-order valence-electron chi connectivity index (χ4n) is 3.67. The highest BCUT2D eigenvalue weighted by Crippen LogP contribution is 2.32. The Morgan fingerprint density at radius 3 is 2.11 bits per heavy atom. The van der Waals surface area contributed by atoms with Gasteiger partial charge in [-0.25, -0.2) is 8.42 Å². The lowest BCUT2D eigenvalue weighted by Gasteiger charge is -2.21. The van der Waals surface area contributed by atoms with Crippen LogP contribution in [0.25, 0.3) is 0 Å². The predicted molar refractivity (Wildman–Crippen MR) is 149 cm³/mol. The second kappa shape index (κ2) is 12.3. The summed E-state index contributed by atoms with van der Waals surface area (Å²) in [5.74, 6) is 0.374. The maximum Gasteiger partial charge on any atom is 0.245 e. The van der Waals surface area contributed by atoms with Crippen molar-refractivity contribution in [2.24, 2.45) is 0 Å². The quantitative estimate of drug-likeness (QED) is 0.232. The number of para-hydroxylation sites is 1. The molecule has 0 saturated carbocycles. The fourth-order valence-corrected chi connectivity index (χ4v) is 5.47. The van der Waals surface area contributed by atoms with Crippen LogP contribution in [-0.2, 0) is 21.2 Å². The van der Waals surface area contributed by atoms with E-state index < -0.39 is 22.0 Å². The minimum absolute atomic E-state index is 0.0736. The Balaban J connectivity index is 1.66. The number of rotatable bonds is 10. The van der Waals surface area contributed by atoms with Crippen LogP contribution in [0.3, 0.4) is 0 Å². The number of carbonyl (C=O) groups excluding carboxylic acids is 1. The molecule has 0 bridgehead atoms. The van der Waals surface area contributed by atoms with Gasteiger partial charge in [-0.15, -0.1) is 0 Å². The van der Waals surface area contributed by atoms with Crippen molar-refractivity contribution >= 4 is 44.8 Å². The van der Waals surface area contributed by atoms with Gasteiger partial charge in [0.05, 0.1) is 12.8 Å². The number of sulfonamides is 1. The van der Waals surface area contributed by atoms with E-state index in [-0.39, 0.29) is 27.8 Å². The number of ether oxygens (including phenoxy) is 2. The topological polar surface area (TPSA) is 93.7 Å². The fraction of sp³-hybridized carbons (Fsp3) is 0.107. The first-order chi connectivity index (χ1) is 18.2. The van der Waals surface area contributed by atoms with E-state index in [4.69, 9.17) is 32.7 Å². The van der Waals surface area contributed by atoms with E-state index in [2.05, 4.69) is 10.0 Å². The lowest BCUT2D eigenvalue weighted by atomic mass is 10.1. The standard InChI is InChI=1S/C28H24Cl2N2O5S/c1-36-26-15-13-21(30)18-27(26)38(34,35)32-24(16-19-8-4-2-5-9-19)28(33)31-23-17-20(29)12-14-25(23)37-22-10-6-3-7-11-22/h2-15,17-18,24,32H,16H2,1H3,(H,31,33)/t24-/m0/s1. The van der Waals surface area contributed by atoms with Crippen molar-refractivity contribution in [1.29, 1.82) is 0 Å². The Morgan fingerprint density at radius 2 is 1.45 bits per heavy atom. The molecule has 0 aromatic heterocycles. The van der Waals surface area contributed by atoms with Gasteiger partial charge in [0.25, 0.3) is 0 Å².